The van der Waals surface area contributed by atoms with Crippen molar-refractivity contribution in [2.45, 2.75) is 37.8 Å². The van der Waals surface area contributed by atoms with E-state index >= 15 is 0 Å². The molecule has 0 aromatic carbocycles. The van der Waals surface area contributed by atoms with Gasteiger partial charge in [-0.25, -0.2) is 13.1 Å². The minimum atomic E-state index is -3.40. The maximum Gasteiger partial charge on any atom is 0.218 e. The normalized spacial score (nSPS) is 27.5. The SMILES string of the molecule is NC(=S)CS(=O)(=O)NC1CCC(O)CC1. The van der Waals surface area contributed by atoms with Gasteiger partial charge in [0.05, 0.1) is 11.1 Å². The number of hydrogen-bond acceptors (Lipinski definition) is 4. The molecule has 4 N–H and O–H groups in total. The topological polar surface area (TPSA) is 92.4 Å². The standard InChI is InChI=1S/C8H16N2O3S2/c9-8(14)5-15(12,13)10-6-1-3-7(11)4-2-6/h6-7,10-11H,1-5H2,(H2,9,14). The van der Waals surface area contributed by atoms with Crippen LogP contribution in [0.3, 0.4) is 0 Å². The first kappa shape index (κ1) is 12.8. The van der Waals surface area contributed by atoms with E-state index in [1.165, 1.54) is 0 Å². The van der Waals surface area contributed by atoms with Crippen LogP contribution in [-0.4, -0.2) is 36.4 Å². The van der Waals surface area contributed by atoms with Gasteiger partial charge in [0, 0.05) is 6.04 Å². The highest BCUT2D eigenvalue weighted by Crippen LogP contribution is 2.18. The smallest absolute Gasteiger partial charge is 0.218 e. The van der Waals surface area contributed by atoms with Crippen molar-refractivity contribution in [1.82, 2.24) is 4.72 Å². The van der Waals surface area contributed by atoms with Gasteiger partial charge in [0.1, 0.15) is 5.75 Å². The van der Waals surface area contributed by atoms with Gasteiger partial charge in [0.2, 0.25) is 10.0 Å². The summed E-state index contributed by atoms with van der Waals surface area (Å²) >= 11 is 4.55. The minimum absolute atomic E-state index is 0.0293. The van der Waals surface area contributed by atoms with Crippen LogP contribution in [0.15, 0.2) is 0 Å². The lowest BCUT2D eigenvalue weighted by Crippen LogP contribution is -2.41. The summed E-state index contributed by atoms with van der Waals surface area (Å²) in [6.07, 6.45) is 2.32. The summed E-state index contributed by atoms with van der Waals surface area (Å²) < 4.78 is 25.4. The second-order valence-corrected chi connectivity index (χ2v) is 6.13. The van der Waals surface area contributed by atoms with Gasteiger partial charge in [0.25, 0.3) is 0 Å². The lowest BCUT2D eigenvalue weighted by molar-refractivity contribution is 0.120. The molecule has 1 aliphatic carbocycles. The number of nitrogens with two attached hydrogens (primary N) is 1. The Morgan fingerprint density at radius 2 is 1.93 bits per heavy atom. The highest BCUT2D eigenvalue weighted by molar-refractivity contribution is 7.92. The molecule has 0 heterocycles. The Bertz CT molecular complexity index is 321. The average molecular weight is 252 g/mol. The van der Waals surface area contributed by atoms with Crippen LogP contribution in [0.25, 0.3) is 0 Å². The number of thiocarbonyl (C=S) groups is 1. The van der Waals surface area contributed by atoms with Crippen LogP contribution in [0.5, 0.6) is 0 Å². The third-order valence-electron chi connectivity index (χ3n) is 2.38. The highest BCUT2D eigenvalue weighted by atomic mass is 32.2. The molecular weight excluding hydrogens is 236 g/mol. The molecule has 0 spiro atoms. The molecule has 0 amide bonds. The van der Waals surface area contributed by atoms with Crippen molar-refractivity contribution in [3.05, 3.63) is 0 Å². The molecule has 1 aliphatic rings. The summed E-state index contributed by atoms with van der Waals surface area (Å²) in [4.78, 5) is -0.0293. The molecule has 1 saturated carbocycles. The van der Waals surface area contributed by atoms with Crippen LogP contribution in [0.1, 0.15) is 25.7 Å². The number of aliphatic hydroxyl groups is 1. The molecule has 1 rings (SSSR count). The number of sulfonamides is 1. The maximum atomic E-state index is 11.4. The molecule has 0 bridgehead atoms. The molecule has 0 atom stereocenters. The molecule has 88 valence electrons. The lowest BCUT2D eigenvalue weighted by atomic mass is 9.94. The summed E-state index contributed by atoms with van der Waals surface area (Å²) in [7, 11) is -3.40. The average Bonchev–Trinajstić information content (AvgIpc) is 2.06. The number of rotatable bonds is 4. The van der Waals surface area contributed by atoms with Gasteiger partial charge in [-0.05, 0) is 25.7 Å². The van der Waals surface area contributed by atoms with Crippen molar-refractivity contribution in [2.75, 3.05) is 5.75 Å². The number of hydrogen-bond donors (Lipinski definition) is 3. The monoisotopic (exact) mass is 252 g/mol. The van der Waals surface area contributed by atoms with Crippen molar-refractivity contribution in [1.29, 1.82) is 0 Å². The zero-order valence-corrected chi connectivity index (χ0v) is 9.98. The van der Waals surface area contributed by atoms with E-state index in [1.54, 1.807) is 0 Å². The van der Waals surface area contributed by atoms with E-state index in [4.69, 9.17) is 5.73 Å². The highest BCUT2D eigenvalue weighted by Gasteiger charge is 2.23. The largest absolute Gasteiger partial charge is 0.393 e. The van der Waals surface area contributed by atoms with Gasteiger partial charge in [-0.1, -0.05) is 12.2 Å². The van der Waals surface area contributed by atoms with Crippen molar-refractivity contribution < 1.29 is 13.5 Å². The lowest BCUT2D eigenvalue weighted by Gasteiger charge is -2.25. The van der Waals surface area contributed by atoms with Crippen molar-refractivity contribution >= 4 is 27.2 Å². The molecule has 1 fully saturated rings. The van der Waals surface area contributed by atoms with E-state index in [0.717, 1.165) is 0 Å². The predicted molar refractivity (Wildman–Crippen MR) is 62.0 cm³/mol. The van der Waals surface area contributed by atoms with Crippen molar-refractivity contribution in [2.24, 2.45) is 5.73 Å². The van der Waals surface area contributed by atoms with E-state index in [9.17, 15) is 13.5 Å². The van der Waals surface area contributed by atoms with Crippen LogP contribution in [-0.2, 0) is 10.0 Å². The number of aliphatic hydroxyl groups excluding tert-OH is 1. The summed E-state index contributed by atoms with van der Waals surface area (Å²) in [6, 6.07) is -0.0900. The molecule has 0 radical (unpaired) electrons. The Morgan fingerprint density at radius 3 is 2.40 bits per heavy atom. The van der Waals surface area contributed by atoms with E-state index < -0.39 is 10.0 Å². The van der Waals surface area contributed by atoms with Gasteiger partial charge in [-0.15, -0.1) is 0 Å². The van der Waals surface area contributed by atoms with Crippen LogP contribution >= 0.6 is 12.2 Å². The van der Waals surface area contributed by atoms with Crippen molar-refractivity contribution in [3.63, 3.8) is 0 Å². The second-order valence-electron chi connectivity index (χ2n) is 3.85. The first-order valence-corrected chi connectivity index (χ1v) is 6.91. The zero-order valence-electron chi connectivity index (χ0n) is 8.35. The Morgan fingerprint density at radius 1 is 1.40 bits per heavy atom. The summed E-state index contributed by atoms with van der Waals surface area (Å²) in [5.41, 5.74) is 5.18. The van der Waals surface area contributed by atoms with Gasteiger partial charge < -0.3 is 10.8 Å². The van der Waals surface area contributed by atoms with E-state index in [2.05, 4.69) is 16.9 Å². The first-order chi connectivity index (χ1) is 6.89. The maximum absolute atomic E-state index is 11.4. The zero-order chi connectivity index (χ0) is 11.5. The Labute approximate surface area is 95.1 Å². The molecule has 0 saturated heterocycles. The van der Waals surface area contributed by atoms with Crippen molar-refractivity contribution in [3.8, 4) is 0 Å². The molecular formula is C8H16N2O3S2. The van der Waals surface area contributed by atoms with Crippen LogP contribution < -0.4 is 10.5 Å². The van der Waals surface area contributed by atoms with E-state index in [0.29, 0.717) is 25.7 Å². The van der Waals surface area contributed by atoms with E-state index in [-0.39, 0.29) is 22.9 Å². The molecule has 15 heavy (non-hydrogen) atoms. The fourth-order valence-corrected chi connectivity index (χ4v) is 3.34. The van der Waals surface area contributed by atoms with Crippen LogP contribution in [0, 0.1) is 0 Å². The van der Waals surface area contributed by atoms with Gasteiger partial charge in [-0.3, -0.25) is 0 Å². The second kappa shape index (κ2) is 5.20. The first-order valence-electron chi connectivity index (χ1n) is 4.85. The van der Waals surface area contributed by atoms with Crippen LogP contribution in [0.2, 0.25) is 0 Å². The Balaban J connectivity index is 2.44. The fraction of sp³-hybridized carbons (Fsp3) is 0.875. The van der Waals surface area contributed by atoms with Gasteiger partial charge in [-0.2, -0.15) is 0 Å². The number of nitrogens with one attached hydrogen (secondary N) is 1. The quantitative estimate of drug-likeness (QED) is 0.586. The Hall–Kier alpha value is -0.240. The Kier molecular flexibility index (Phi) is 4.45. The summed E-state index contributed by atoms with van der Waals surface area (Å²) in [5, 5.41) is 9.25. The molecule has 5 nitrogen and oxygen atoms in total. The van der Waals surface area contributed by atoms with Gasteiger partial charge >= 0.3 is 0 Å². The van der Waals surface area contributed by atoms with Gasteiger partial charge in [0.15, 0.2) is 0 Å². The third kappa shape index (κ3) is 4.87. The molecule has 0 aromatic rings. The molecule has 0 aromatic heterocycles. The molecule has 0 unspecified atom stereocenters. The summed E-state index contributed by atoms with van der Waals surface area (Å²) in [6.45, 7) is 0. The summed E-state index contributed by atoms with van der Waals surface area (Å²) in [5.74, 6) is -0.304. The van der Waals surface area contributed by atoms with E-state index in [1.807, 2.05) is 0 Å². The molecule has 0 aliphatic heterocycles. The fourth-order valence-electron chi connectivity index (χ4n) is 1.68. The third-order valence-corrected chi connectivity index (χ3v) is 4.09. The predicted octanol–water partition coefficient (Wildman–Crippen LogP) is -0.505. The molecule has 7 heteroatoms. The van der Waals surface area contributed by atoms with Crippen LogP contribution in [0.4, 0.5) is 0 Å². The minimum Gasteiger partial charge on any atom is -0.393 e.